The summed E-state index contributed by atoms with van der Waals surface area (Å²) in [5, 5.41) is 11.0. The van der Waals surface area contributed by atoms with Crippen molar-refractivity contribution >= 4 is 29.1 Å². The highest BCUT2D eigenvalue weighted by Gasteiger charge is 2.35. The lowest BCUT2D eigenvalue weighted by Gasteiger charge is -2.26. The monoisotopic (exact) mass is 643 g/mol. The number of non-ortho nitro benzene ring substituents is 1. The first-order valence-corrected chi connectivity index (χ1v) is 15.6. The van der Waals surface area contributed by atoms with Gasteiger partial charge in [0.25, 0.3) is 11.2 Å². The summed E-state index contributed by atoms with van der Waals surface area (Å²) in [5.41, 5.74) is 2.55. The molecule has 1 atom stereocenters. The number of carbonyl (C=O) groups excluding carboxylic acids is 1. The van der Waals surface area contributed by atoms with Crippen molar-refractivity contribution in [2.24, 2.45) is 4.99 Å². The summed E-state index contributed by atoms with van der Waals surface area (Å²) >= 11 is 1.22. The fourth-order valence-corrected chi connectivity index (χ4v) is 6.15. The van der Waals surface area contributed by atoms with Gasteiger partial charge in [0, 0.05) is 17.7 Å². The number of rotatable bonds is 12. The predicted octanol–water partition coefficient (Wildman–Crippen LogP) is 5.08. The molecule has 0 saturated carbocycles. The number of benzene rings is 3. The van der Waals surface area contributed by atoms with Crippen LogP contribution in [0.5, 0.6) is 17.2 Å². The van der Waals surface area contributed by atoms with Crippen LogP contribution in [0.25, 0.3) is 6.08 Å². The number of hydrogen-bond acceptors (Lipinski definition) is 10. The lowest BCUT2D eigenvalue weighted by atomic mass is 9.95. The zero-order chi connectivity index (χ0) is 32.8. The standard InChI is InChI=1S/C34H33N3O8S/c1-5-42-26-11-9-8-10-25(26)31-30(33(39)44-7-3)21(4)35-34-36(31)32(38)29(46-34)19-23-14-17-27(28(18-23)43-6-2)45-20-22-12-15-24(16-13-22)37(40)41/h8-19,31H,5-7,20H2,1-4H3/b29-19-/t31-/m0/s1. The molecule has 0 fully saturated rings. The number of hydrogen-bond donors (Lipinski definition) is 0. The molecule has 0 saturated heterocycles. The number of esters is 1. The summed E-state index contributed by atoms with van der Waals surface area (Å²) in [7, 11) is 0. The van der Waals surface area contributed by atoms with E-state index in [0.29, 0.717) is 56.6 Å². The molecule has 0 bridgehead atoms. The fraction of sp³-hybridized carbons (Fsp3) is 0.265. The van der Waals surface area contributed by atoms with Crippen LogP contribution in [0.1, 0.15) is 50.4 Å². The third-order valence-electron chi connectivity index (χ3n) is 7.14. The maximum absolute atomic E-state index is 14.1. The Hall–Kier alpha value is -5.23. The number of ether oxygens (including phenoxy) is 4. The van der Waals surface area contributed by atoms with Crippen LogP contribution in [-0.4, -0.2) is 35.3 Å². The van der Waals surface area contributed by atoms with Crippen molar-refractivity contribution < 1.29 is 28.7 Å². The van der Waals surface area contributed by atoms with E-state index in [1.807, 2.05) is 44.2 Å². The van der Waals surface area contributed by atoms with Crippen LogP contribution < -0.4 is 29.1 Å². The average Bonchev–Trinajstić information content (AvgIpc) is 3.34. The second kappa shape index (κ2) is 14.2. The van der Waals surface area contributed by atoms with Crippen LogP contribution >= 0.6 is 11.3 Å². The second-order valence-corrected chi connectivity index (χ2v) is 11.1. The first kappa shape index (κ1) is 32.2. The Morgan fingerprint density at radius 1 is 0.957 bits per heavy atom. The molecule has 4 aromatic rings. The highest BCUT2D eigenvalue weighted by molar-refractivity contribution is 7.07. The van der Waals surface area contributed by atoms with E-state index in [1.165, 1.54) is 28.0 Å². The molecule has 1 aromatic heterocycles. The first-order chi connectivity index (χ1) is 22.2. The van der Waals surface area contributed by atoms with E-state index in [2.05, 4.69) is 4.99 Å². The highest BCUT2D eigenvalue weighted by atomic mass is 32.1. The molecule has 0 amide bonds. The summed E-state index contributed by atoms with van der Waals surface area (Å²) in [6, 6.07) is 18.0. The van der Waals surface area contributed by atoms with E-state index in [9.17, 15) is 19.7 Å². The number of allylic oxidation sites excluding steroid dienone is 1. The number of carbonyl (C=O) groups is 1. The first-order valence-electron chi connectivity index (χ1n) is 14.8. The Balaban J connectivity index is 1.54. The molecule has 0 N–H and O–H groups in total. The molecule has 11 nitrogen and oxygen atoms in total. The van der Waals surface area contributed by atoms with E-state index in [-0.39, 0.29) is 30.0 Å². The van der Waals surface area contributed by atoms with Crippen LogP contribution in [0.15, 0.2) is 87.8 Å². The Labute approximate surface area is 268 Å². The molecule has 46 heavy (non-hydrogen) atoms. The number of aromatic nitrogens is 1. The minimum absolute atomic E-state index is 0.00508. The Bertz CT molecular complexity index is 1980. The quantitative estimate of drug-likeness (QED) is 0.119. The van der Waals surface area contributed by atoms with E-state index in [1.54, 1.807) is 44.2 Å². The van der Waals surface area contributed by atoms with Crippen molar-refractivity contribution in [1.82, 2.24) is 4.57 Å². The zero-order valence-electron chi connectivity index (χ0n) is 25.8. The predicted molar refractivity (Wildman–Crippen MR) is 173 cm³/mol. The van der Waals surface area contributed by atoms with E-state index >= 15 is 0 Å². The van der Waals surface area contributed by atoms with Crippen molar-refractivity contribution in [2.45, 2.75) is 40.3 Å². The summed E-state index contributed by atoms with van der Waals surface area (Å²) in [6.07, 6.45) is 1.75. The van der Waals surface area contributed by atoms with Crippen LogP contribution in [0, 0.1) is 10.1 Å². The van der Waals surface area contributed by atoms with Gasteiger partial charge in [-0.25, -0.2) is 9.79 Å². The lowest BCUT2D eigenvalue weighted by molar-refractivity contribution is -0.384. The lowest BCUT2D eigenvalue weighted by Crippen LogP contribution is -2.40. The molecule has 1 aliphatic heterocycles. The number of para-hydroxylation sites is 1. The summed E-state index contributed by atoms with van der Waals surface area (Å²) in [6.45, 7) is 8.35. The number of nitrogens with zero attached hydrogens (tertiary/aromatic N) is 3. The molecule has 0 aliphatic carbocycles. The van der Waals surface area contributed by atoms with Gasteiger partial charge in [0.05, 0.1) is 40.5 Å². The van der Waals surface area contributed by atoms with Gasteiger partial charge in [0.2, 0.25) is 0 Å². The third-order valence-corrected chi connectivity index (χ3v) is 8.12. The molecule has 5 rings (SSSR count). The summed E-state index contributed by atoms with van der Waals surface area (Å²) in [5.74, 6) is 0.989. The van der Waals surface area contributed by atoms with Crippen LogP contribution in [0.2, 0.25) is 0 Å². The molecule has 12 heteroatoms. The fourth-order valence-electron chi connectivity index (χ4n) is 5.11. The van der Waals surface area contributed by atoms with Crippen LogP contribution in [0.3, 0.4) is 0 Å². The van der Waals surface area contributed by atoms with Gasteiger partial charge in [-0.15, -0.1) is 0 Å². The molecule has 1 aliphatic rings. The normalized spacial score (nSPS) is 14.3. The molecule has 0 spiro atoms. The number of thiazole rings is 1. The van der Waals surface area contributed by atoms with Crippen LogP contribution in [-0.2, 0) is 16.1 Å². The molecule has 3 aromatic carbocycles. The van der Waals surface area contributed by atoms with E-state index < -0.39 is 16.9 Å². The Morgan fingerprint density at radius 2 is 1.67 bits per heavy atom. The second-order valence-electron chi connectivity index (χ2n) is 10.1. The zero-order valence-corrected chi connectivity index (χ0v) is 26.7. The Kier molecular flexibility index (Phi) is 9.97. The smallest absolute Gasteiger partial charge is 0.338 e. The maximum Gasteiger partial charge on any atom is 0.338 e. The number of nitro benzene ring substituents is 1. The van der Waals surface area contributed by atoms with Gasteiger partial charge in [0.15, 0.2) is 16.3 Å². The van der Waals surface area contributed by atoms with Crippen molar-refractivity contribution in [2.75, 3.05) is 19.8 Å². The highest BCUT2D eigenvalue weighted by Crippen LogP contribution is 2.36. The average molecular weight is 644 g/mol. The van der Waals surface area contributed by atoms with Gasteiger partial charge in [-0.05, 0) is 75.2 Å². The van der Waals surface area contributed by atoms with Crippen molar-refractivity contribution in [3.8, 4) is 17.2 Å². The van der Waals surface area contributed by atoms with Gasteiger partial charge in [0.1, 0.15) is 18.4 Å². The molecule has 0 unspecified atom stereocenters. The van der Waals surface area contributed by atoms with Crippen molar-refractivity contribution in [1.29, 1.82) is 0 Å². The van der Waals surface area contributed by atoms with Gasteiger partial charge < -0.3 is 18.9 Å². The summed E-state index contributed by atoms with van der Waals surface area (Å²) in [4.78, 5) is 42.9. The number of nitro groups is 1. The molecule has 0 radical (unpaired) electrons. The van der Waals surface area contributed by atoms with Gasteiger partial charge >= 0.3 is 5.97 Å². The van der Waals surface area contributed by atoms with E-state index in [4.69, 9.17) is 18.9 Å². The Morgan fingerprint density at radius 3 is 2.37 bits per heavy atom. The molecule has 2 heterocycles. The number of fused-ring (bicyclic) bond motifs is 1. The molecular weight excluding hydrogens is 610 g/mol. The maximum atomic E-state index is 14.1. The van der Waals surface area contributed by atoms with Gasteiger partial charge in [-0.1, -0.05) is 35.6 Å². The SMILES string of the molecule is CCOC(=O)C1=C(C)N=c2s/c(=C\c3ccc(OCc4ccc([N+](=O)[O-])cc4)c(OCC)c3)c(=O)n2[C@H]1c1ccccc1OCC. The minimum atomic E-state index is -0.797. The third kappa shape index (κ3) is 6.71. The van der Waals surface area contributed by atoms with Gasteiger partial charge in [-0.3, -0.25) is 19.5 Å². The minimum Gasteiger partial charge on any atom is -0.494 e. The summed E-state index contributed by atoms with van der Waals surface area (Å²) < 4.78 is 25.1. The molecule has 238 valence electrons. The van der Waals surface area contributed by atoms with E-state index in [0.717, 1.165) is 5.56 Å². The van der Waals surface area contributed by atoms with Gasteiger partial charge in [-0.2, -0.15) is 0 Å². The molecular formula is C34H33N3O8S. The van der Waals surface area contributed by atoms with Crippen molar-refractivity contribution in [3.05, 3.63) is 124 Å². The van der Waals surface area contributed by atoms with Crippen molar-refractivity contribution in [3.63, 3.8) is 0 Å². The van der Waals surface area contributed by atoms with Crippen LogP contribution in [0.4, 0.5) is 5.69 Å². The topological polar surface area (TPSA) is 131 Å². The largest absolute Gasteiger partial charge is 0.494 e.